The molecule has 0 aliphatic carbocycles. The second-order valence-corrected chi connectivity index (χ2v) is 3.89. The highest BCUT2D eigenvalue weighted by atomic mass is 16.2. The summed E-state index contributed by atoms with van der Waals surface area (Å²) in [6.45, 7) is 11.9. The Balaban J connectivity index is -0.000000579. The van der Waals surface area contributed by atoms with Gasteiger partial charge in [-0.2, -0.15) is 0 Å². The Labute approximate surface area is 119 Å². The molecule has 0 spiro atoms. The smallest absolute Gasteiger partial charge is 0.219 e. The molecular formula is C15H34N2O2. The molecule has 0 aromatic rings. The van der Waals surface area contributed by atoms with Crippen molar-refractivity contribution in [1.29, 1.82) is 0 Å². The van der Waals surface area contributed by atoms with Crippen molar-refractivity contribution < 1.29 is 9.59 Å². The number of carbonyl (C=O) groups excluding carboxylic acids is 2. The number of amides is 1. The van der Waals surface area contributed by atoms with Crippen LogP contribution in [0.3, 0.4) is 0 Å². The zero-order valence-electron chi connectivity index (χ0n) is 14.2. The van der Waals surface area contributed by atoms with Crippen molar-refractivity contribution in [1.82, 2.24) is 10.2 Å². The van der Waals surface area contributed by atoms with E-state index in [2.05, 4.69) is 5.32 Å². The zero-order valence-corrected chi connectivity index (χ0v) is 14.2. The van der Waals surface area contributed by atoms with E-state index in [0.29, 0.717) is 0 Å². The van der Waals surface area contributed by atoms with Crippen LogP contribution >= 0.6 is 0 Å². The maximum Gasteiger partial charge on any atom is 0.219 e. The summed E-state index contributed by atoms with van der Waals surface area (Å²) in [6.07, 6.45) is 2.75. The van der Waals surface area contributed by atoms with Crippen molar-refractivity contribution in [3.63, 3.8) is 0 Å². The van der Waals surface area contributed by atoms with Gasteiger partial charge >= 0.3 is 0 Å². The minimum Gasteiger partial charge on any atom is -0.346 e. The van der Waals surface area contributed by atoms with Gasteiger partial charge in [0, 0.05) is 20.5 Å². The highest BCUT2D eigenvalue weighted by Crippen LogP contribution is 2.02. The highest BCUT2D eigenvalue weighted by molar-refractivity contribution is 5.81. The van der Waals surface area contributed by atoms with Gasteiger partial charge in [0.1, 0.15) is 5.78 Å². The average molecular weight is 274 g/mol. The van der Waals surface area contributed by atoms with E-state index in [1.54, 1.807) is 32.8 Å². The van der Waals surface area contributed by atoms with Crippen LogP contribution in [0.2, 0.25) is 0 Å². The molecule has 0 bridgehead atoms. The third kappa shape index (κ3) is 15.0. The van der Waals surface area contributed by atoms with Gasteiger partial charge in [-0.05, 0) is 33.2 Å². The first-order chi connectivity index (χ1) is 8.99. The van der Waals surface area contributed by atoms with Crippen molar-refractivity contribution in [2.75, 3.05) is 20.6 Å². The lowest BCUT2D eigenvalue weighted by atomic mass is 10.1. The fraction of sp³-hybridized carbons (Fsp3) is 0.867. The van der Waals surface area contributed by atoms with Crippen molar-refractivity contribution >= 4 is 11.7 Å². The standard InChI is InChI=1S/C11H22N2O2.2C2H6/c1-9(14)11(12-3)7-5-6-8-13(4)10(2)15;2*1-2/h11-12H,5-8H2,1-4H3;2*1-2H3. The minimum absolute atomic E-state index is 0.0346. The van der Waals surface area contributed by atoms with Crippen LogP contribution < -0.4 is 5.32 Å². The largest absolute Gasteiger partial charge is 0.346 e. The second-order valence-electron chi connectivity index (χ2n) is 3.89. The van der Waals surface area contributed by atoms with Gasteiger partial charge in [-0.25, -0.2) is 0 Å². The molecule has 0 heterocycles. The van der Waals surface area contributed by atoms with Gasteiger partial charge in [0.25, 0.3) is 0 Å². The van der Waals surface area contributed by atoms with E-state index in [9.17, 15) is 9.59 Å². The summed E-state index contributed by atoms with van der Waals surface area (Å²) in [6, 6.07) is -0.0346. The van der Waals surface area contributed by atoms with Crippen LogP contribution in [0.25, 0.3) is 0 Å². The van der Waals surface area contributed by atoms with Crippen LogP contribution in [-0.4, -0.2) is 43.3 Å². The molecular weight excluding hydrogens is 240 g/mol. The van der Waals surface area contributed by atoms with E-state index in [1.807, 2.05) is 27.7 Å². The summed E-state index contributed by atoms with van der Waals surface area (Å²) in [7, 11) is 3.59. The number of likely N-dealkylation sites (N-methyl/N-ethyl adjacent to an activating group) is 1. The number of carbonyl (C=O) groups is 2. The number of unbranched alkanes of at least 4 members (excludes halogenated alkanes) is 1. The molecule has 1 unspecified atom stereocenters. The van der Waals surface area contributed by atoms with E-state index in [0.717, 1.165) is 25.8 Å². The normalized spacial score (nSPS) is 10.3. The molecule has 1 amide bonds. The summed E-state index contributed by atoms with van der Waals surface area (Å²) >= 11 is 0. The first-order valence-electron chi connectivity index (χ1n) is 7.38. The third-order valence-corrected chi connectivity index (χ3v) is 2.61. The molecule has 19 heavy (non-hydrogen) atoms. The molecule has 0 aliphatic rings. The van der Waals surface area contributed by atoms with E-state index in [4.69, 9.17) is 0 Å². The van der Waals surface area contributed by atoms with E-state index in [1.165, 1.54) is 0 Å². The number of ketones is 1. The van der Waals surface area contributed by atoms with Gasteiger partial charge in [0.15, 0.2) is 0 Å². The van der Waals surface area contributed by atoms with Crippen LogP contribution in [0, 0.1) is 0 Å². The quantitative estimate of drug-likeness (QED) is 0.726. The van der Waals surface area contributed by atoms with Crippen molar-refractivity contribution in [3.8, 4) is 0 Å². The molecule has 0 aromatic carbocycles. The fourth-order valence-corrected chi connectivity index (χ4v) is 1.41. The lowest BCUT2D eigenvalue weighted by molar-refractivity contribution is -0.127. The molecule has 0 aliphatic heterocycles. The van der Waals surface area contributed by atoms with Crippen molar-refractivity contribution in [3.05, 3.63) is 0 Å². The van der Waals surface area contributed by atoms with E-state index < -0.39 is 0 Å². The maximum absolute atomic E-state index is 11.1. The third-order valence-electron chi connectivity index (χ3n) is 2.61. The average Bonchev–Trinajstić information content (AvgIpc) is 2.42. The number of rotatable bonds is 7. The monoisotopic (exact) mass is 274 g/mol. The van der Waals surface area contributed by atoms with Crippen molar-refractivity contribution in [2.24, 2.45) is 0 Å². The Morgan fingerprint density at radius 1 is 1.05 bits per heavy atom. The summed E-state index contributed by atoms with van der Waals surface area (Å²) in [4.78, 5) is 23.7. The Kier molecular flexibility index (Phi) is 20.9. The van der Waals surface area contributed by atoms with Gasteiger partial charge in [0.2, 0.25) is 5.91 Å². The van der Waals surface area contributed by atoms with Crippen molar-refractivity contribution in [2.45, 2.75) is 66.8 Å². The molecule has 0 saturated heterocycles. The summed E-state index contributed by atoms with van der Waals surface area (Å²) in [5, 5.41) is 2.98. The molecule has 1 N–H and O–H groups in total. The van der Waals surface area contributed by atoms with Crippen LogP contribution in [0.4, 0.5) is 0 Å². The molecule has 0 aromatic heterocycles. The fourth-order valence-electron chi connectivity index (χ4n) is 1.41. The summed E-state index contributed by atoms with van der Waals surface area (Å²) in [5.41, 5.74) is 0. The Morgan fingerprint density at radius 2 is 1.53 bits per heavy atom. The topological polar surface area (TPSA) is 49.4 Å². The van der Waals surface area contributed by atoms with Gasteiger partial charge in [-0.1, -0.05) is 27.7 Å². The number of hydrogen-bond acceptors (Lipinski definition) is 3. The first-order valence-corrected chi connectivity index (χ1v) is 7.38. The van der Waals surface area contributed by atoms with E-state index in [-0.39, 0.29) is 17.7 Å². The molecule has 0 radical (unpaired) electrons. The summed E-state index contributed by atoms with van der Waals surface area (Å²) < 4.78 is 0. The van der Waals surface area contributed by atoms with Gasteiger partial charge in [0.05, 0.1) is 6.04 Å². The Morgan fingerprint density at radius 3 is 1.84 bits per heavy atom. The van der Waals surface area contributed by atoms with E-state index >= 15 is 0 Å². The zero-order chi connectivity index (χ0) is 15.8. The predicted octanol–water partition coefficient (Wildman–Crippen LogP) is 2.86. The summed E-state index contributed by atoms with van der Waals surface area (Å²) in [5.74, 6) is 0.268. The predicted molar refractivity (Wildman–Crippen MR) is 83.4 cm³/mol. The van der Waals surface area contributed by atoms with Gasteiger partial charge < -0.3 is 10.2 Å². The number of Topliss-reactive ketones (excluding diaryl/α,β-unsaturated/α-hetero) is 1. The number of nitrogens with one attached hydrogen (secondary N) is 1. The Bertz CT molecular complexity index is 218. The molecule has 116 valence electrons. The molecule has 0 saturated carbocycles. The molecule has 0 rings (SSSR count). The second kappa shape index (κ2) is 17.1. The minimum atomic E-state index is -0.0346. The molecule has 4 heteroatoms. The van der Waals surface area contributed by atoms with Gasteiger partial charge in [-0.3, -0.25) is 9.59 Å². The van der Waals surface area contributed by atoms with Crippen LogP contribution in [0.15, 0.2) is 0 Å². The first kappa shape index (κ1) is 23.2. The molecule has 0 fully saturated rings. The highest BCUT2D eigenvalue weighted by Gasteiger charge is 2.10. The lowest BCUT2D eigenvalue weighted by Crippen LogP contribution is -2.32. The lowest BCUT2D eigenvalue weighted by Gasteiger charge is -2.16. The van der Waals surface area contributed by atoms with Crippen LogP contribution in [0.5, 0.6) is 0 Å². The number of nitrogens with zero attached hydrogens (tertiary/aromatic N) is 1. The maximum atomic E-state index is 11.1. The Hall–Kier alpha value is -0.900. The van der Waals surface area contributed by atoms with Crippen LogP contribution in [0.1, 0.15) is 60.8 Å². The van der Waals surface area contributed by atoms with Gasteiger partial charge in [-0.15, -0.1) is 0 Å². The van der Waals surface area contributed by atoms with Crippen LogP contribution in [-0.2, 0) is 9.59 Å². The molecule has 4 nitrogen and oxygen atoms in total. The number of hydrogen-bond donors (Lipinski definition) is 1. The SMILES string of the molecule is CC.CC.CNC(CCCCN(C)C(C)=O)C(C)=O. The molecule has 1 atom stereocenters.